The van der Waals surface area contributed by atoms with Gasteiger partial charge in [0.15, 0.2) is 0 Å². The molecule has 2 N–H and O–H groups in total. The fraction of sp³-hybridized carbons (Fsp3) is 0.0625. The van der Waals surface area contributed by atoms with E-state index in [-0.39, 0.29) is 10.6 Å². The summed E-state index contributed by atoms with van der Waals surface area (Å²) in [5.74, 6) is 0.184. The molecule has 6 nitrogen and oxygen atoms in total. The van der Waals surface area contributed by atoms with Crippen LogP contribution in [-0.4, -0.2) is 18.5 Å². The van der Waals surface area contributed by atoms with E-state index in [2.05, 4.69) is 0 Å². The Labute approximate surface area is 133 Å². The second-order valence-corrected chi connectivity index (χ2v) is 6.89. The predicted molar refractivity (Wildman–Crippen MR) is 85.9 cm³/mol. The van der Waals surface area contributed by atoms with Gasteiger partial charge in [-0.2, -0.15) is 0 Å². The summed E-state index contributed by atoms with van der Waals surface area (Å²) in [5, 5.41) is 0.706. The van der Waals surface area contributed by atoms with Crippen molar-refractivity contribution in [1.82, 2.24) is 3.97 Å². The van der Waals surface area contributed by atoms with E-state index in [1.165, 1.54) is 12.3 Å². The minimum atomic E-state index is -3.74. The van der Waals surface area contributed by atoms with Gasteiger partial charge in [-0.3, -0.25) is 0 Å². The predicted octanol–water partition coefficient (Wildman–Crippen LogP) is 2.64. The molecule has 2 aromatic carbocycles. The highest BCUT2D eigenvalue weighted by Crippen LogP contribution is 2.26. The average Bonchev–Trinajstić information content (AvgIpc) is 2.91. The number of benzene rings is 2. The van der Waals surface area contributed by atoms with Gasteiger partial charge in [0.25, 0.3) is 10.0 Å². The third-order valence-corrected chi connectivity index (χ3v) is 5.13. The van der Waals surface area contributed by atoms with Gasteiger partial charge in [-0.1, -0.05) is 17.7 Å². The first-order valence-corrected chi connectivity index (χ1v) is 8.22. The van der Waals surface area contributed by atoms with Crippen molar-refractivity contribution in [2.45, 2.75) is 11.8 Å². The van der Waals surface area contributed by atoms with Crippen LogP contribution in [0.4, 0.5) is 4.79 Å². The van der Waals surface area contributed by atoms with Crippen molar-refractivity contribution in [3.05, 3.63) is 60.3 Å². The lowest BCUT2D eigenvalue weighted by Gasteiger charge is -2.09. The van der Waals surface area contributed by atoms with Gasteiger partial charge < -0.3 is 10.5 Å². The maximum absolute atomic E-state index is 12.8. The number of nitrogens with two attached hydrogens (primary N) is 1. The Balaban J connectivity index is 2.15. The minimum Gasteiger partial charge on any atom is -0.410 e. The number of hydrogen-bond donors (Lipinski definition) is 1. The van der Waals surface area contributed by atoms with E-state index in [1.807, 2.05) is 6.92 Å². The van der Waals surface area contributed by atoms with Crippen molar-refractivity contribution in [3.63, 3.8) is 0 Å². The van der Waals surface area contributed by atoms with Crippen LogP contribution in [-0.2, 0) is 10.0 Å². The lowest BCUT2D eigenvalue weighted by molar-refractivity contribution is 0.211. The van der Waals surface area contributed by atoms with Crippen LogP contribution in [0.5, 0.6) is 5.75 Å². The van der Waals surface area contributed by atoms with Crippen molar-refractivity contribution in [1.29, 1.82) is 0 Å². The molecular weight excluding hydrogens is 316 g/mol. The van der Waals surface area contributed by atoms with Crippen LogP contribution in [0, 0.1) is 6.92 Å². The van der Waals surface area contributed by atoms with Crippen LogP contribution in [0.1, 0.15) is 5.56 Å². The number of primary amides is 1. The molecule has 0 radical (unpaired) electrons. The van der Waals surface area contributed by atoms with Gasteiger partial charge in [-0.25, -0.2) is 17.2 Å². The highest BCUT2D eigenvalue weighted by Gasteiger charge is 2.19. The molecule has 1 heterocycles. The minimum absolute atomic E-state index is 0.182. The molecule has 0 atom stereocenters. The van der Waals surface area contributed by atoms with Crippen molar-refractivity contribution >= 4 is 27.0 Å². The van der Waals surface area contributed by atoms with Gasteiger partial charge in [-0.05, 0) is 37.3 Å². The Morgan fingerprint density at radius 2 is 1.78 bits per heavy atom. The first-order valence-electron chi connectivity index (χ1n) is 6.78. The Kier molecular flexibility index (Phi) is 3.57. The lowest BCUT2D eigenvalue weighted by Crippen LogP contribution is -2.16. The molecule has 0 saturated heterocycles. The maximum atomic E-state index is 12.8. The third kappa shape index (κ3) is 2.78. The Morgan fingerprint density at radius 1 is 1.09 bits per heavy atom. The topological polar surface area (TPSA) is 91.4 Å². The molecule has 1 aromatic heterocycles. The molecule has 0 unspecified atom stereocenters. The zero-order valence-corrected chi connectivity index (χ0v) is 13.1. The van der Waals surface area contributed by atoms with E-state index < -0.39 is 16.1 Å². The van der Waals surface area contributed by atoms with E-state index in [1.54, 1.807) is 42.5 Å². The zero-order valence-electron chi connectivity index (χ0n) is 12.3. The Bertz CT molecular complexity index is 989. The Hall–Kier alpha value is -2.80. The van der Waals surface area contributed by atoms with Crippen molar-refractivity contribution < 1.29 is 17.9 Å². The summed E-state index contributed by atoms with van der Waals surface area (Å²) < 4.78 is 31.5. The van der Waals surface area contributed by atoms with Gasteiger partial charge in [0, 0.05) is 17.6 Å². The van der Waals surface area contributed by atoms with Crippen LogP contribution in [0.25, 0.3) is 10.9 Å². The van der Waals surface area contributed by atoms with Crippen molar-refractivity contribution in [2.75, 3.05) is 0 Å². The number of hydrogen-bond acceptors (Lipinski definition) is 4. The molecule has 0 spiro atoms. The molecule has 0 aliphatic heterocycles. The largest absolute Gasteiger partial charge is 0.410 e. The highest BCUT2D eigenvalue weighted by atomic mass is 32.2. The van der Waals surface area contributed by atoms with Gasteiger partial charge >= 0.3 is 6.09 Å². The number of nitrogens with zero attached hydrogens (tertiary/aromatic N) is 1. The fourth-order valence-corrected chi connectivity index (χ4v) is 3.64. The van der Waals surface area contributed by atoms with Gasteiger partial charge in [-0.15, -0.1) is 0 Å². The Morgan fingerprint density at radius 3 is 2.43 bits per heavy atom. The summed E-state index contributed by atoms with van der Waals surface area (Å²) in [4.78, 5) is 11.0. The molecule has 118 valence electrons. The number of aromatic nitrogens is 1. The number of amides is 1. The molecule has 0 aliphatic carbocycles. The van der Waals surface area contributed by atoms with Gasteiger partial charge in [0.1, 0.15) is 5.75 Å². The van der Waals surface area contributed by atoms with Crippen molar-refractivity contribution in [2.24, 2.45) is 5.73 Å². The number of rotatable bonds is 3. The molecule has 0 aliphatic rings. The van der Waals surface area contributed by atoms with Crippen LogP contribution < -0.4 is 10.5 Å². The molecule has 1 amide bonds. The molecule has 23 heavy (non-hydrogen) atoms. The average molecular weight is 330 g/mol. The van der Waals surface area contributed by atoms with Crippen LogP contribution >= 0.6 is 0 Å². The van der Waals surface area contributed by atoms with Gasteiger partial charge in [0.2, 0.25) is 0 Å². The molecule has 7 heteroatoms. The first kappa shape index (κ1) is 15.1. The summed E-state index contributed by atoms with van der Waals surface area (Å²) in [7, 11) is -3.74. The fourth-order valence-electron chi connectivity index (χ4n) is 2.30. The van der Waals surface area contributed by atoms with Crippen LogP contribution in [0.3, 0.4) is 0 Å². The molecule has 0 saturated carbocycles. The number of fused-ring (bicyclic) bond motifs is 1. The second kappa shape index (κ2) is 5.44. The zero-order chi connectivity index (χ0) is 16.6. The number of carbonyl (C=O) groups excluding carboxylic acids is 1. The summed E-state index contributed by atoms with van der Waals surface area (Å²) in [5.41, 5.74) is 6.36. The van der Waals surface area contributed by atoms with E-state index in [9.17, 15) is 13.2 Å². The summed E-state index contributed by atoms with van der Waals surface area (Å²) in [6.45, 7) is 1.88. The van der Waals surface area contributed by atoms with Gasteiger partial charge in [0.05, 0.1) is 10.4 Å². The molecular formula is C16H14N2O4S. The van der Waals surface area contributed by atoms with E-state index >= 15 is 0 Å². The summed E-state index contributed by atoms with van der Waals surface area (Å²) in [6, 6.07) is 12.9. The molecule has 3 aromatic rings. The van der Waals surface area contributed by atoms with Crippen LogP contribution in [0.2, 0.25) is 0 Å². The smallest absolute Gasteiger partial charge is 0.409 e. The number of carbonyl (C=O) groups is 1. The molecule has 0 bridgehead atoms. The number of aryl methyl sites for hydroxylation is 1. The second-order valence-electron chi connectivity index (χ2n) is 5.07. The van der Waals surface area contributed by atoms with E-state index in [0.717, 1.165) is 9.54 Å². The summed E-state index contributed by atoms with van der Waals surface area (Å²) >= 11 is 0. The van der Waals surface area contributed by atoms with E-state index in [4.69, 9.17) is 10.5 Å². The number of ether oxygens (including phenoxy) is 1. The first-order chi connectivity index (χ1) is 10.9. The summed E-state index contributed by atoms with van der Waals surface area (Å²) in [6.07, 6.45) is 0.511. The lowest BCUT2D eigenvalue weighted by atomic mass is 10.2. The van der Waals surface area contributed by atoms with Crippen molar-refractivity contribution in [3.8, 4) is 5.75 Å². The molecule has 3 rings (SSSR count). The SMILES string of the molecule is Cc1ccc(S(=O)(=O)n2ccc3ccc(OC(N)=O)cc32)cc1. The maximum Gasteiger partial charge on any atom is 0.409 e. The normalized spacial score (nSPS) is 11.5. The quantitative estimate of drug-likeness (QED) is 0.799. The van der Waals surface area contributed by atoms with E-state index in [0.29, 0.717) is 10.9 Å². The van der Waals surface area contributed by atoms with Crippen LogP contribution in [0.15, 0.2) is 59.6 Å². The monoisotopic (exact) mass is 330 g/mol. The highest BCUT2D eigenvalue weighted by molar-refractivity contribution is 7.90. The third-order valence-electron chi connectivity index (χ3n) is 3.43. The standard InChI is InChI=1S/C16H14N2O4S/c1-11-2-6-14(7-3-11)23(20,21)18-9-8-12-4-5-13(10-15(12)18)22-16(17)19/h2-10H,1H3,(H2,17,19). The molecule has 0 fully saturated rings.